The summed E-state index contributed by atoms with van der Waals surface area (Å²) in [6.07, 6.45) is 6.31. The summed E-state index contributed by atoms with van der Waals surface area (Å²) < 4.78 is 0. The van der Waals surface area contributed by atoms with Gasteiger partial charge in [-0.2, -0.15) is 0 Å². The maximum Gasteiger partial charge on any atom is 0.0125 e. The summed E-state index contributed by atoms with van der Waals surface area (Å²) in [6, 6.07) is 18.8. The van der Waals surface area contributed by atoms with Gasteiger partial charge in [0.25, 0.3) is 0 Å². The van der Waals surface area contributed by atoms with E-state index in [1.54, 1.807) is 0 Å². The van der Waals surface area contributed by atoms with E-state index < -0.39 is 0 Å². The van der Waals surface area contributed by atoms with E-state index in [0.717, 1.165) is 0 Å². The molecule has 0 aliphatic heterocycles. The van der Waals surface area contributed by atoms with Gasteiger partial charge in [0, 0.05) is 6.42 Å². The maximum atomic E-state index is 2.13. The topological polar surface area (TPSA) is 0 Å². The third kappa shape index (κ3) is 3.09. The molecule has 0 saturated heterocycles. The van der Waals surface area contributed by atoms with E-state index in [-0.39, 0.29) is 0 Å². The van der Waals surface area contributed by atoms with Gasteiger partial charge in [0.05, 0.1) is 0 Å². The number of hydrogen-bond donors (Lipinski definition) is 0. The Morgan fingerprint density at radius 2 is 1.44 bits per heavy atom. The Morgan fingerprint density at radius 1 is 0.750 bits per heavy atom. The Labute approximate surface area is 97.3 Å². The molecule has 0 aliphatic carbocycles. The number of allylic oxidation sites excluding steroid dienone is 1. The number of aryl methyl sites for hydroxylation is 1. The van der Waals surface area contributed by atoms with Crippen LogP contribution in [-0.2, 0) is 0 Å². The van der Waals surface area contributed by atoms with Gasteiger partial charge in [-0.25, -0.2) is 0 Å². The SMILES string of the molecule is Cc1ccc(/C=C/[CH]c2ccccc2)cc1. The van der Waals surface area contributed by atoms with E-state index in [1.807, 2.05) is 18.2 Å². The Morgan fingerprint density at radius 3 is 2.12 bits per heavy atom. The third-order valence-corrected chi connectivity index (χ3v) is 2.45. The molecule has 1 radical (unpaired) electrons. The van der Waals surface area contributed by atoms with Crippen LogP contribution >= 0.6 is 0 Å². The lowest BCUT2D eigenvalue weighted by Crippen LogP contribution is -1.76. The van der Waals surface area contributed by atoms with E-state index in [9.17, 15) is 0 Å². The molecule has 0 nitrogen and oxygen atoms in total. The highest BCUT2D eigenvalue weighted by Crippen LogP contribution is 2.08. The first kappa shape index (κ1) is 10.7. The molecule has 2 aromatic rings. The zero-order valence-corrected chi connectivity index (χ0v) is 9.43. The van der Waals surface area contributed by atoms with Crippen molar-refractivity contribution >= 4 is 6.08 Å². The van der Waals surface area contributed by atoms with Gasteiger partial charge in [0.1, 0.15) is 0 Å². The fraction of sp³-hybridized carbons (Fsp3) is 0.0625. The maximum absolute atomic E-state index is 2.13. The highest BCUT2D eigenvalue weighted by Gasteiger charge is 1.88. The molecule has 0 heteroatoms. The zero-order valence-electron chi connectivity index (χ0n) is 9.43. The van der Waals surface area contributed by atoms with Crippen LogP contribution in [0, 0.1) is 13.3 Å². The van der Waals surface area contributed by atoms with Gasteiger partial charge in [0.15, 0.2) is 0 Å². The van der Waals surface area contributed by atoms with Crippen molar-refractivity contribution in [3.05, 3.63) is 83.8 Å². The minimum absolute atomic E-state index is 1.23. The molecule has 0 amide bonds. The lowest BCUT2D eigenvalue weighted by atomic mass is 10.1. The minimum Gasteiger partial charge on any atom is -0.0755 e. The molecule has 0 unspecified atom stereocenters. The summed E-state index contributed by atoms with van der Waals surface area (Å²) in [6.45, 7) is 2.10. The summed E-state index contributed by atoms with van der Waals surface area (Å²) in [5.74, 6) is 0. The second-order valence-corrected chi connectivity index (χ2v) is 3.85. The van der Waals surface area contributed by atoms with Gasteiger partial charge < -0.3 is 0 Å². The van der Waals surface area contributed by atoms with Crippen molar-refractivity contribution in [2.45, 2.75) is 6.92 Å². The predicted molar refractivity (Wildman–Crippen MR) is 70.1 cm³/mol. The quantitative estimate of drug-likeness (QED) is 0.705. The Kier molecular flexibility index (Phi) is 3.55. The smallest absolute Gasteiger partial charge is 0.0125 e. The summed E-state index contributed by atoms with van der Waals surface area (Å²) in [5, 5.41) is 0. The molecule has 0 bridgehead atoms. The van der Waals surface area contributed by atoms with Gasteiger partial charge in [0.2, 0.25) is 0 Å². The van der Waals surface area contributed by atoms with E-state index in [1.165, 1.54) is 16.7 Å². The third-order valence-electron chi connectivity index (χ3n) is 2.45. The van der Waals surface area contributed by atoms with E-state index >= 15 is 0 Å². The van der Waals surface area contributed by atoms with Crippen LogP contribution < -0.4 is 0 Å². The van der Waals surface area contributed by atoms with Crippen LogP contribution in [0.1, 0.15) is 16.7 Å². The van der Waals surface area contributed by atoms with Crippen LogP contribution in [-0.4, -0.2) is 0 Å². The largest absolute Gasteiger partial charge is 0.0755 e. The summed E-state index contributed by atoms with van der Waals surface area (Å²) in [5.41, 5.74) is 3.76. The molecule has 0 atom stereocenters. The highest BCUT2D eigenvalue weighted by molar-refractivity contribution is 5.52. The fourth-order valence-corrected chi connectivity index (χ4v) is 1.51. The van der Waals surface area contributed by atoms with Crippen molar-refractivity contribution in [3.8, 4) is 0 Å². The first-order valence-corrected chi connectivity index (χ1v) is 5.48. The van der Waals surface area contributed by atoms with E-state index in [2.05, 4.69) is 61.9 Å². The van der Waals surface area contributed by atoms with Crippen LogP contribution in [0.25, 0.3) is 6.08 Å². The van der Waals surface area contributed by atoms with Gasteiger partial charge >= 0.3 is 0 Å². The van der Waals surface area contributed by atoms with Crippen LogP contribution in [0.4, 0.5) is 0 Å². The second kappa shape index (κ2) is 5.32. The predicted octanol–water partition coefficient (Wildman–Crippen LogP) is 4.26. The average molecular weight is 207 g/mol. The molecule has 79 valence electrons. The molecule has 0 heterocycles. The molecule has 0 fully saturated rings. The van der Waals surface area contributed by atoms with Crippen molar-refractivity contribution < 1.29 is 0 Å². The Balaban J connectivity index is 1.98. The van der Waals surface area contributed by atoms with Gasteiger partial charge in [-0.05, 0) is 18.1 Å². The molecule has 0 spiro atoms. The molecule has 0 N–H and O–H groups in total. The number of hydrogen-bond acceptors (Lipinski definition) is 0. The van der Waals surface area contributed by atoms with Gasteiger partial charge in [-0.3, -0.25) is 0 Å². The standard InChI is InChI=1S/C16H15/c1-14-10-12-16(13-11-14)9-5-8-15-6-3-2-4-7-15/h2-13H,1H3/b9-5+. The molecule has 0 aromatic heterocycles. The molecule has 2 aromatic carbocycles. The van der Waals surface area contributed by atoms with Crippen LogP contribution in [0.3, 0.4) is 0 Å². The summed E-state index contributed by atoms with van der Waals surface area (Å²) >= 11 is 0. The first-order chi connectivity index (χ1) is 7.84. The van der Waals surface area contributed by atoms with Crippen LogP contribution in [0.15, 0.2) is 60.7 Å². The van der Waals surface area contributed by atoms with Crippen molar-refractivity contribution in [2.24, 2.45) is 0 Å². The van der Waals surface area contributed by atoms with Crippen molar-refractivity contribution in [3.63, 3.8) is 0 Å². The van der Waals surface area contributed by atoms with E-state index in [4.69, 9.17) is 0 Å². The average Bonchev–Trinajstić information content (AvgIpc) is 2.33. The number of benzene rings is 2. The molecular formula is C16H15. The van der Waals surface area contributed by atoms with Gasteiger partial charge in [-0.15, -0.1) is 0 Å². The lowest BCUT2D eigenvalue weighted by Gasteiger charge is -1.96. The molecule has 0 saturated carbocycles. The van der Waals surface area contributed by atoms with E-state index in [0.29, 0.717) is 0 Å². The fourth-order valence-electron chi connectivity index (χ4n) is 1.51. The minimum atomic E-state index is 1.23. The molecule has 0 aliphatic rings. The van der Waals surface area contributed by atoms with Gasteiger partial charge in [-0.1, -0.05) is 72.3 Å². The van der Waals surface area contributed by atoms with Crippen LogP contribution in [0.2, 0.25) is 0 Å². The van der Waals surface area contributed by atoms with Crippen LogP contribution in [0.5, 0.6) is 0 Å². The Bertz CT molecular complexity index is 449. The monoisotopic (exact) mass is 207 g/mol. The summed E-state index contributed by atoms with van der Waals surface area (Å²) in [4.78, 5) is 0. The second-order valence-electron chi connectivity index (χ2n) is 3.85. The summed E-state index contributed by atoms with van der Waals surface area (Å²) in [7, 11) is 0. The lowest BCUT2D eigenvalue weighted by molar-refractivity contribution is 1.46. The van der Waals surface area contributed by atoms with Crippen molar-refractivity contribution in [1.29, 1.82) is 0 Å². The normalized spacial score (nSPS) is 10.8. The first-order valence-electron chi connectivity index (χ1n) is 5.48. The molecular weight excluding hydrogens is 192 g/mol. The highest BCUT2D eigenvalue weighted by atomic mass is 13.9. The van der Waals surface area contributed by atoms with Crippen molar-refractivity contribution in [2.75, 3.05) is 0 Å². The molecule has 2 rings (SSSR count). The number of rotatable bonds is 3. The zero-order chi connectivity index (χ0) is 11.2. The Hall–Kier alpha value is -1.82. The molecule has 16 heavy (non-hydrogen) atoms. The van der Waals surface area contributed by atoms with Crippen molar-refractivity contribution in [1.82, 2.24) is 0 Å².